The van der Waals surface area contributed by atoms with Crippen LogP contribution in [-0.2, 0) is 0 Å². The maximum atomic E-state index is 12.8. The molecule has 96 valence electrons. The quantitative estimate of drug-likeness (QED) is 0.457. The minimum absolute atomic E-state index is 0.301. The van der Waals surface area contributed by atoms with Crippen molar-refractivity contribution in [2.75, 3.05) is 0 Å². The molecule has 0 aliphatic rings. The topological polar surface area (TPSA) is 12.4 Å². The van der Waals surface area contributed by atoms with Crippen LogP contribution in [0.1, 0.15) is 20.8 Å². The summed E-state index contributed by atoms with van der Waals surface area (Å²) >= 11 is 0. The van der Waals surface area contributed by atoms with Crippen molar-refractivity contribution in [2.24, 2.45) is 4.99 Å². The minimum Gasteiger partial charge on any atom is -0.257 e. The molecule has 0 aliphatic carbocycles. The molecule has 0 aromatic rings. The third-order valence-corrected chi connectivity index (χ3v) is 1.93. The fraction of sp³-hybridized carbons (Fsp3) is 0.188. The van der Waals surface area contributed by atoms with E-state index in [9.17, 15) is 4.39 Å². The zero-order valence-corrected chi connectivity index (χ0v) is 11.2. The molecule has 2 heteroatoms. The summed E-state index contributed by atoms with van der Waals surface area (Å²) in [6.45, 7) is 9.24. The average Bonchev–Trinajstić information content (AvgIpc) is 2.39. The number of aliphatic imine (C=N–C) groups is 1. The number of hydrogen-bond donors (Lipinski definition) is 0. The Bertz CT molecular complexity index is 432. The van der Waals surface area contributed by atoms with Gasteiger partial charge in [0.1, 0.15) is 5.83 Å². The lowest BCUT2D eigenvalue weighted by Gasteiger charge is -1.93. The first-order valence-electron chi connectivity index (χ1n) is 5.82. The molecule has 0 atom stereocenters. The van der Waals surface area contributed by atoms with Crippen LogP contribution in [0.2, 0.25) is 0 Å². The molecule has 18 heavy (non-hydrogen) atoms. The molecule has 0 fully saturated rings. The number of rotatable bonds is 6. The molecule has 0 saturated carbocycles. The molecule has 0 saturated heterocycles. The highest BCUT2D eigenvalue weighted by Crippen LogP contribution is 2.03. The van der Waals surface area contributed by atoms with E-state index in [4.69, 9.17) is 0 Å². The Morgan fingerprint density at radius 2 is 1.78 bits per heavy atom. The SMILES string of the molecule is C=C(/C=C\C(F)=C/C)N=CC(/C=C\C)=C/C=C\C. The largest absolute Gasteiger partial charge is 0.257 e. The van der Waals surface area contributed by atoms with E-state index in [-0.39, 0.29) is 5.83 Å². The Labute approximate surface area is 109 Å². The Kier molecular flexibility index (Phi) is 9.10. The van der Waals surface area contributed by atoms with Crippen LogP contribution in [0.15, 0.2) is 77.3 Å². The first-order chi connectivity index (χ1) is 8.63. The standard InChI is InChI=1S/C16H20FN/c1-5-8-10-15(9-6-2)13-18-14(4)11-12-16(17)7-3/h5-13H,4H2,1-3H3/b8-5-,9-6-,12-11-,15-10+,16-7+,18-13?. The van der Waals surface area contributed by atoms with Gasteiger partial charge in [-0.05, 0) is 38.5 Å². The van der Waals surface area contributed by atoms with Crippen LogP contribution in [0, 0.1) is 0 Å². The number of halogens is 1. The normalized spacial score (nSPS) is 14.7. The van der Waals surface area contributed by atoms with Gasteiger partial charge in [0.15, 0.2) is 0 Å². The van der Waals surface area contributed by atoms with Gasteiger partial charge < -0.3 is 0 Å². The lowest BCUT2D eigenvalue weighted by molar-refractivity contribution is 0.665. The Morgan fingerprint density at radius 3 is 2.33 bits per heavy atom. The van der Waals surface area contributed by atoms with E-state index < -0.39 is 0 Å². The highest BCUT2D eigenvalue weighted by atomic mass is 19.1. The molecule has 0 aromatic carbocycles. The number of nitrogens with zero attached hydrogens (tertiary/aromatic N) is 1. The fourth-order valence-electron chi connectivity index (χ4n) is 1.01. The van der Waals surface area contributed by atoms with Crippen LogP contribution in [0.25, 0.3) is 0 Å². The molecule has 0 aliphatic heterocycles. The molecule has 0 spiro atoms. The summed E-state index contributed by atoms with van der Waals surface area (Å²) in [5, 5.41) is 0. The van der Waals surface area contributed by atoms with Gasteiger partial charge in [-0.15, -0.1) is 0 Å². The Morgan fingerprint density at radius 1 is 1.06 bits per heavy atom. The molecule has 0 rings (SSSR count). The van der Waals surface area contributed by atoms with Gasteiger partial charge in [-0.25, -0.2) is 4.39 Å². The second-order valence-electron chi connectivity index (χ2n) is 3.45. The molecular weight excluding hydrogens is 225 g/mol. The third-order valence-electron chi connectivity index (χ3n) is 1.93. The van der Waals surface area contributed by atoms with Crippen LogP contribution in [0.3, 0.4) is 0 Å². The van der Waals surface area contributed by atoms with Crippen molar-refractivity contribution in [2.45, 2.75) is 20.8 Å². The van der Waals surface area contributed by atoms with Crippen LogP contribution in [0.4, 0.5) is 4.39 Å². The van der Waals surface area contributed by atoms with Crippen molar-refractivity contribution in [1.82, 2.24) is 0 Å². The van der Waals surface area contributed by atoms with Crippen LogP contribution < -0.4 is 0 Å². The van der Waals surface area contributed by atoms with Gasteiger partial charge in [0, 0.05) is 6.21 Å². The zero-order valence-electron chi connectivity index (χ0n) is 11.2. The first-order valence-corrected chi connectivity index (χ1v) is 5.82. The van der Waals surface area contributed by atoms with Gasteiger partial charge in [0.2, 0.25) is 0 Å². The average molecular weight is 245 g/mol. The summed E-state index contributed by atoms with van der Waals surface area (Å²) in [6.07, 6.45) is 15.6. The molecule has 0 unspecified atom stereocenters. The summed E-state index contributed by atoms with van der Waals surface area (Å²) in [6, 6.07) is 0. The van der Waals surface area contributed by atoms with Gasteiger partial charge in [-0.1, -0.05) is 43.0 Å². The van der Waals surface area contributed by atoms with Crippen LogP contribution in [-0.4, -0.2) is 6.21 Å². The van der Waals surface area contributed by atoms with Crippen molar-refractivity contribution < 1.29 is 4.39 Å². The van der Waals surface area contributed by atoms with Gasteiger partial charge in [0.25, 0.3) is 0 Å². The van der Waals surface area contributed by atoms with E-state index in [0.717, 1.165) is 5.57 Å². The van der Waals surface area contributed by atoms with E-state index in [1.54, 1.807) is 13.1 Å². The zero-order chi connectivity index (χ0) is 13.8. The van der Waals surface area contributed by atoms with Crippen LogP contribution >= 0.6 is 0 Å². The molecular formula is C16H20FN. The molecule has 0 heterocycles. The van der Waals surface area contributed by atoms with Gasteiger partial charge in [0.05, 0.1) is 5.70 Å². The summed E-state index contributed by atoms with van der Waals surface area (Å²) in [5.41, 5.74) is 1.46. The molecule has 0 radical (unpaired) electrons. The van der Waals surface area contributed by atoms with E-state index >= 15 is 0 Å². The molecule has 0 amide bonds. The van der Waals surface area contributed by atoms with Gasteiger partial charge in [-0.2, -0.15) is 0 Å². The van der Waals surface area contributed by atoms with E-state index in [1.807, 2.05) is 44.2 Å². The van der Waals surface area contributed by atoms with E-state index in [0.29, 0.717) is 5.70 Å². The second kappa shape index (κ2) is 10.2. The number of hydrogen-bond acceptors (Lipinski definition) is 1. The lowest BCUT2D eigenvalue weighted by atomic mass is 10.2. The van der Waals surface area contributed by atoms with E-state index in [2.05, 4.69) is 11.6 Å². The Hall–Kier alpha value is -1.96. The second-order valence-corrected chi connectivity index (χ2v) is 3.45. The van der Waals surface area contributed by atoms with E-state index in [1.165, 1.54) is 18.2 Å². The monoisotopic (exact) mass is 245 g/mol. The van der Waals surface area contributed by atoms with Gasteiger partial charge in [-0.3, -0.25) is 4.99 Å². The summed E-state index contributed by atoms with van der Waals surface area (Å²) in [4.78, 5) is 4.15. The third kappa shape index (κ3) is 8.22. The van der Waals surface area contributed by atoms with Crippen molar-refractivity contribution in [1.29, 1.82) is 0 Å². The minimum atomic E-state index is -0.301. The summed E-state index contributed by atoms with van der Waals surface area (Å²) < 4.78 is 12.8. The molecule has 0 bridgehead atoms. The smallest absolute Gasteiger partial charge is 0.119 e. The predicted molar refractivity (Wildman–Crippen MR) is 79.3 cm³/mol. The molecule has 0 aromatic heterocycles. The molecule has 0 N–H and O–H groups in total. The highest BCUT2D eigenvalue weighted by molar-refractivity contribution is 5.83. The lowest BCUT2D eigenvalue weighted by Crippen LogP contribution is -1.80. The van der Waals surface area contributed by atoms with Crippen LogP contribution in [0.5, 0.6) is 0 Å². The predicted octanol–water partition coefficient (Wildman–Crippen LogP) is 5.08. The molecule has 1 nitrogen and oxygen atoms in total. The maximum absolute atomic E-state index is 12.8. The summed E-state index contributed by atoms with van der Waals surface area (Å²) in [5.74, 6) is -0.301. The fourth-order valence-corrected chi connectivity index (χ4v) is 1.01. The maximum Gasteiger partial charge on any atom is 0.119 e. The Balaban J connectivity index is 4.69. The van der Waals surface area contributed by atoms with Crippen molar-refractivity contribution >= 4 is 6.21 Å². The number of allylic oxidation sites excluding steroid dienone is 10. The van der Waals surface area contributed by atoms with Crippen molar-refractivity contribution in [3.63, 3.8) is 0 Å². The highest BCUT2D eigenvalue weighted by Gasteiger charge is 1.87. The van der Waals surface area contributed by atoms with Crippen molar-refractivity contribution in [3.8, 4) is 0 Å². The van der Waals surface area contributed by atoms with Crippen molar-refractivity contribution in [3.05, 3.63) is 72.3 Å². The first kappa shape index (κ1) is 16.0. The van der Waals surface area contributed by atoms with Gasteiger partial charge >= 0.3 is 0 Å². The summed E-state index contributed by atoms with van der Waals surface area (Å²) in [7, 11) is 0.